The van der Waals surface area contributed by atoms with Crippen molar-refractivity contribution < 1.29 is 18.7 Å². The molecule has 2 N–H and O–H groups in total. The van der Waals surface area contributed by atoms with E-state index in [0.717, 1.165) is 5.56 Å². The first-order valence-electron chi connectivity index (χ1n) is 5.94. The summed E-state index contributed by atoms with van der Waals surface area (Å²) in [7, 11) is 0. The van der Waals surface area contributed by atoms with Crippen LogP contribution in [-0.2, 0) is 13.1 Å². The number of rotatable bonds is 5. The Balaban J connectivity index is 1.94. The Morgan fingerprint density at radius 1 is 1.40 bits per heavy atom. The number of halogens is 2. The number of furan rings is 1. The summed E-state index contributed by atoms with van der Waals surface area (Å²) in [4.78, 5) is 10.8. The number of hydrogen-bond acceptors (Lipinski definition) is 3. The lowest BCUT2D eigenvalue weighted by atomic mass is 10.2. The molecule has 2 rings (SSSR count). The van der Waals surface area contributed by atoms with E-state index in [9.17, 15) is 9.18 Å². The molecule has 6 heteroatoms. The Morgan fingerprint density at radius 3 is 2.75 bits per heavy atom. The third-order valence-electron chi connectivity index (χ3n) is 2.78. The van der Waals surface area contributed by atoms with Gasteiger partial charge in [-0.25, -0.2) is 9.18 Å². The van der Waals surface area contributed by atoms with E-state index < -0.39 is 11.8 Å². The maximum atomic E-state index is 13.0. The van der Waals surface area contributed by atoms with Crippen molar-refractivity contribution in [3.05, 3.63) is 57.8 Å². The fourth-order valence-electron chi connectivity index (χ4n) is 1.83. The monoisotopic (exact) mass is 297 g/mol. The summed E-state index contributed by atoms with van der Waals surface area (Å²) in [5.41, 5.74) is 1.41. The molecule has 0 bridgehead atoms. The second kappa shape index (κ2) is 6.07. The highest BCUT2D eigenvalue weighted by molar-refractivity contribution is 6.30. The SMILES string of the molecule is Cc1cc(CNCc2ccc(F)c(Cl)c2)oc1C(=O)O. The Bertz CT molecular complexity index is 639. The highest BCUT2D eigenvalue weighted by atomic mass is 35.5. The number of carboxylic acid groups (broad SMARTS) is 1. The van der Waals surface area contributed by atoms with Crippen molar-refractivity contribution in [2.24, 2.45) is 0 Å². The summed E-state index contributed by atoms with van der Waals surface area (Å²) in [5, 5.41) is 12.0. The standard InChI is InChI=1S/C14H13ClFNO3/c1-8-4-10(20-13(8)14(18)19)7-17-6-9-2-3-12(16)11(15)5-9/h2-5,17H,6-7H2,1H3,(H,18,19). The normalized spacial score (nSPS) is 10.8. The molecule has 0 saturated heterocycles. The van der Waals surface area contributed by atoms with Gasteiger partial charge < -0.3 is 14.8 Å². The van der Waals surface area contributed by atoms with Crippen LogP contribution >= 0.6 is 11.6 Å². The van der Waals surface area contributed by atoms with Crippen molar-refractivity contribution in [3.8, 4) is 0 Å². The fraction of sp³-hybridized carbons (Fsp3) is 0.214. The maximum absolute atomic E-state index is 13.0. The number of hydrogen-bond donors (Lipinski definition) is 2. The van der Waals surface area contributed by atoms with Gasteiger partial charge in [-0.1, -0.05) is 17.7 Å². The molecule has 1 heterocycles. The van der Waals surface area contributed by atoms with E-state index in [1.807, 2.05) is 0 Å². The van der Waals surface area contributed by atoms with Crippen molar-refractivity contribution in [1.82, 2.24) is 5.32 Å². The summed E-state index contributed by atoms with van der Waals surface area (Å²) >= 11 is 5.68. The van der Waals surface area contributed by atoms with E-state index in [0.29, 0.717) is 24.4 Å². The molecule has 4 nitrogen and oxygen atoms in total. The third kappa shape index (κ3) is 3.37. The van der Waals surface area contributed by atoms with Gasteiger partial charge in [0, 0.05) is 12.1 Å². The molecular formula is C14H13ClFNO3. The second-order valence-electron chi connectivity index (χ2n) is 4.38. The molecule has 1 aromatic heterocycles. The van der Waals surface area contributed by atoms with Crippen molar-refractivity contribution >= 4 is 17.6 Å². The second-order valence-corrected chi connectivity index (χ2v) is 4.79. The molecule has 0 radical (unpaired) electrons. The first-order valence-corrected chi connectivity index (χ1v) is 6.32. The van der Waals surface area contributed by atoms with Crippen molar-refractivity contribution in [1.29, 1.82) is 0 Å². The van der Waals surface area contributed by atoms with Crippen LogP contribution in [0.4, 0.5) is 4.39 Å². The molecule has 0 aliphatic rings. The molecule has 0 spiro atoms. The van der Waals surface area contributed by atoms with Gasteiger partial charge in [0.15, 0.2) is 0 Å². The number of benzene rings is 1. The molecule has 0 fully saturated rings. The Labute approximate surface area is 120 Å². The topological polar surface area (TPSA) is 62.5 Å². The number of nitrogens with one attached hydrogen (secondary N) is 1. The van der Waals surface area contributed by atoms with Crippen LogP contribution in [0.15, 0.2) is 28.7 Å². The van der Waals surface area contributed by atoms with E-state index in [1.54, 1.807) is 25.1 Å². The Hall–Kier alpha value is -1.85. The molecule has 0 aliphatic carbocycles. The predicted octanol–water partition coefficient (Wildman–Crippen LogP) is 3.37. The molecule has 2 aromatic rings. The first-order chi connectivity index (χ1) is 9.47. The summed E-state index contributed by atoms with van der Waals surface area (Å²) in [6, 6.07) is 6.15. The lowest BCUT2D eigenvalue weighted by Gasteiger charge is -2.04. The summed E-state index contributed by atoms with van der Waals surface area (Å²) in [6.45, 7) is 2.53. The van der Waals surface area contributed by atoms with E-state index in [2.05, 4.69) is 5.32 Å². The number of carbonyl (C=O) groups is 1. The van der Waals surface area contributed by atoms with E-state index in [-0.39, 0.29) is 10.8 Å². The molecular weight excluding hydrogens is 285 g/mol. The van der Waals surface area contributed by atoms with Crippen LogP contribution < -0.4 is 5.32 Å². The van der Waals surface area contributed by atoms with Gasteiger partial charge in [0.25, 0.3) is 0 Å². The molecule has 20 heavy (non-hydrogen) atoms. The summed E-state index contributed by atoms with van der Waals surface area (Å²) in [5.74, 6) is -1.05. The Morgan fingerprint density at radius 2 is 2.15 bits per heavy atom. The summed E-state index contributed by atoms with van der Waals surface area (Å²) < 4.78 is 18.2. The van der Waals surface area contributed by atoms with Crippen LogP contribution in [0.25, 0.3) is 0 Å². The van der Waals surface area contributed by atoms with Crippen molar-refractivity contribution in [2.75, 3.05) is 0 Å². The lowest BCUT2D eigenvalue weighted by Crippen LogP contribution is -2.12. The van der Waals surface area contributed by atoms with Gasteiger partial charge in [-0.15, -0.1) is 0 Å². The van der Waals surface area contributed by atoms with E-state index >= 15 is 0 Å². The minimum atomic E-state index is -1.08. The minimum absolute atomic E-state index is 0.0494. The zero-order chi connectivity index (χ0) is 14.7. The van der Waals surface area contributed by atoms with Crippen LogP contribution in [-0.4, -0.2) is 11.1 Å². The van der Waals surface area contributed by atoms with Gasteiger partial charge in [-0.3, -0.25) is 0 Å². The predicted molar refractivity (Wildman–Crippen MR) is 72.4 cm³/mol. The zero-order valence-electron chi connectivity index (χ0n) is 10.7. The number of aryl methyl sites for hydroxylation is 1. The minimum Gasteiger partial charge on any atom is -0.475 e. The van der Waals surface area contributed by atoms with Gasteiger partial charge in [0.2, 0.25) is 5.76 Å². The van der Waals surface area contributed by atoms with Crippen molar-refractivity contribution in [2.45, 2.75) is 20.0 Å². The molecule has 0 unspecified atom stereocenters. The largest absolute Gasteiger partial charge is 0.475 e. The molecule has 0 amide bonds. The molecule has 0 saturated carbocycles. The third-order valence-corrected chi connectivity index (χ3v) is 3.07. The fourth-order valence-corrected chi connectivity index (χ4v) is 2.03. The zero-order valence-corrected chi connectivity index (χ0v) is 11.5. The molecule has 1 aromatic carbocycles. The van der Waals surface area contributed by atoms with Gasteiger partial charge in [-0.2, -0.15) is 0 Å². The Kier molecular flexibility index (Phi) is 4.42. The van der Waals surface area contributed by atoms with Crippen LogP contribution in [0.2, 0.25) is 5.02 Å². The van der Waals surface area contributed by atoms with Crippen LogP contribution in [0, 0.1) is 12.7 Å². The molecule has 0 aliphatic heterocycles. The quantitative estimate of drug-likeness (QED) is 0.888. The van der Waals surface area contributed by atoms with Crippen LogP contribution in [0.5, 0.6) is 0 Å². The average molecular weight is 298 g/mol. The summed E-state index contributed by atoms with van der Waals surface area (Å²) in [6.07, 6.45) is 0. The average Bonchev–Trinajstić information content (AvgIpc) is 2.75. The lowest BCUT2D eigenvalue weighted by molar-refractivity contribution is 0.0659. The smallest absolute Gasteiger partial charge is 0.372 e. The number of carboxylic acids is 1. The van der Waals surface area contributed by atoms with Crippen LogP contribution in [0.1, 0.15) is 27.4 Å². The highest BCUT2D eigenvalue weighted by Crippen LogP contribution is 2.17. The van der Waals surface area contributed by atoms with E-state index in [4.69, 9.17) is 21.1 Å². The maximum Gasteiger partial charge on any atom is 0.372 e. The number of aromatic carboxylic acids is 1. The van der Waals surface area contributed by atoms with Gasteiger partial charge in [0.1, 0.15) is 11.6 Å². The van der Waals surface area contributed by atoms with E-state index in [1.165, 1.54) is 6.07 Å². The highest BCUT2D eigenvalue weighted by Gasteiger charge is 2.13. The first kappa shape index (κ1) is 14.6. The van der Waals surface area contributed by atoms with Gasteiger partial charge >= 0.3 is 5.97 Å². The van der Waals surface area contributed by atoms with Gasteiger partial charge in [-0.05, 0) is 30.7 Å². The van der Waals surface area contributed by atoms with Gasteiger partial charge in [0.05, 0.1) is 11.6 Å². The van der Waals surface area contributed by atoms with Crippen molar-refractivity contribution in [3.63, 3.8) is 0 Å². The molecule has 0 atom stereocenters. The molecule has 106 valence electrons. The van der Waals surface area contributed by atoms with Crippen LogP contribution in [0.3, 0.4) is 0 Å².